The van der Waals surface area contributed by atoms with Gasteiger partial charge in [-0.15, -0.1) is 0 Å². The highest BCUT2D eigenvalue weighted by atomic mass is 19.4. The minimum absolute atomic E-state index is 0.0290. The standard InChI is InChI=1S/C21H29F3N6O3/c1-12(2)9-17(31)27-7-5-6-8-28-19-18(25)30(20(26)21(22,23)24)14-11-16(33-4)15(32-3)10-13(14)29-19/h10-12,25-26H,5-9H2,1-4H3,(H,27,31)(H,28,29). The van der Waals surface area contributed by atoms with E-state index in [1.54, 1.807) is 0 Å². The van der Waals surface area contributed by atoms with Gasteiger partial charge in [-0.2, -0.15) is 13.2 Å². The summed E-state index contributed by atoms with van der Waals surface area (Å²) in [4.78, 5) is 15.9. The van der Waals surface area contributed by atoms with Gasteiger partial charge in [-0.05, 0) is 18.8 Å². The van der Waals surface area contributed by atoms with E-state index in [1.165, 1.54) is 26.4 Å². The molecule has 0 unspecified atom stereocenters. The van der Waals surface area contributed by atoms with Crippen LogP contribution in [0.3, 0.4) is 0 Å². The highest BCUT2D eigenvalue weighted by Crippen LogP contribution is 2.32. The summed E-state index contributed by atoms with van der Waals surface area (Å²) < 4.78 is 51.0. The van der Waals surface area contributed by atoms with E-state index in [0.29, 0.717) is 36.9 Å². The Morgan fingerprint density at radius 1 is 1.15 bits per heavy atom. The predicted octanol–water partition coefficient (Wildman–Crippen LogP) is 3.28. The van der Waals surface area contributed by atoms with E-state index in [-0.39, 0.29) is 40.2 Å². The number of alkyl halides is 3. The number of rotatable bonds is 10. The molecule has 33 heavy (non-hydrogen) atoms. The van der Waals surface area contributed by atoms with Crippen LogP contribution < -0.4 is 25.6 Å². The van der Waals surface area contributed by atoms with Crippen molar-refractivity contribution in [2.24, 2.45) is 5.92 Å². The minimum Gasteiger partial charge on any atom is -0.493 e. The van der Waals surface area contributed by atoms with Gasteiger partial charge in [0.25, 0.3) is 0 Å². The summed E-state index contributed by atoms with van der Waals surface area (Å²) in [7, 11) is 2.72. The van der Waals surface area contributed by atoms with Gasteiger partial charge in [0, 0.05) is 31.6 Å². The Balaban J connectivity index is 2.27. The molecule has 12 heteroatoms. The second-order valence-electron chi connectivity index (χ2n) is 7.77. The van der Waals surface area contributed by atoms with Crippen LogP contribution in [0.1, 0.15) is 33.1 Å². The van der Waals surface area contributed by atoms with Crippen LogP contribution in [0.4, 0.5) is 19.0 Å². The lowest BCUT2D eigenvalue weighted by molar-refractivity contribution is -0.121. The number of carbonyl (C=O) groups is 1. The lowest BCUT2D eigenvalue weighted by Gasteiger charge is -2.18. The van der Waals surface area contributed by atoms with Crippen molar-refractivity contribution in [1.29, 1.82) is 10.8 Å². The van der Waals surface area contributed by atoms with E-state index < -0.39 is 17.5 Å². The van der Waals surface area contributed by atoms with E-state index >= 15 is 0 Å². The number of nitrogens with one attached hydrogen (secondary N) is 4. The van der Waals surface area contributed by atoms with Crippen LogP contribution in [0, 0.1) is 16.7 Å². The van der Waals surface area contributed by atoms with Gasteiger partial charge in [0.1, 0.15) is 0 Å². The molecule has 0 radical (unpaired) electrons. The molecule has 4 N–H and O–H groups in total. The summed E-state index contributed by atoms with van der Waals surface area (Å²) in [6.07, 6.45) is -3.31. The molecule has 0 spiro atoms. The van der Waals surface area contributed by atoms with Crippen molar-refractivity contribution in [1.82, 2.24) is 14.9 Å². The van der Waals surface area contributed by atoms with Crippen LogP contribution in [0.25, 0.3) is 11.0 Å². The van der Waals surface area contributed by atoms with E-state index in [1.807, 2.05) is 13.8 Å². The number of unbranched alkanes of at least 4 members (excludes halogenated alkanes) is 1. The lowest BCUT2D eigenvalue weighted by atomic mass is 10.1. The Hall–Kier alpha value is -3.31. The van der Waals surface area contributed by atoms with E-state index in [9.17, 15) is 18.0 Å². The van der Waals surface area contributed by atoms with Crippen molar-refractivity contribution in [2.75, 3.05) is 32.6 Å². The molecule has 182 valence electrons. The number of anilines is 1. The summed E-state index contributed by atoms with van der Waals surface area (Å²) >= 11 is 0. The van der Waals surface area contributed by atoms with Gasteiger partial charge in [-0.1, -0.05) is 13.8 Å². The van der Waals surface area contributed by atoms with Gasteiger partial charge >= 0.3 is 6.18 Å². The van der Waals surface area contributed by atoms with Crippen molar-refractivity contribution in [3.05, 3.63) is 17.6 Å². The number of benzene rings is 1. The molecule has 0 aliphatic heterocycles. The average Bonchev–Trinajstić information content (AvgIpc) is 2.73. The number of halogens is 3. The van der Waals surface area contributed by atoms with Gasteiger partial charge < -0.3 is 20.1 Å². The molecule has 1 aromatic heterocycles. The SMILES string of the molecule is COc1cc2nc(NCCCCNC(=O)CC(C)C)c(=N)n(C(=N)C(F)(F)F)c2cc1OC. The number of ether oxygens (including phenoxy) is 2. The molecule has 9 nitrogen and oxygen atoms in total. The summed E-state index contributed by atoms with van der Waals surface area (Å²) in [6, 6.07) is 2.65. The van der Waals surface area contributed by atoms with Gasteiger partial charge in [0.2, 0.25) is 11.7 Å². The molecular weight excluding hydrogens is 441 g/mol. The highest BCUT2D eigenvalue weighted by molar-refractivity contribution is 5.95. The van der Waals surface area contributed by atoms with Crippen LogP contribution in [-0.2, 0) is 4.79 Å². The van der Waals surface area contributed by atoms with Crippen LogP contribution in [-0.4, -0.2) is 54.8 Å². The van der Waals surface area contributed by atoms with E-state index in [2.05, 4.69) is 15.6 Å². The van der Waals surface area contributed by atoms with Crippen LogP contribution in [0.5, 0.6) is 11.5 Å². The zero-order chi connectivity index (χ0) is 24.8. The number of amides is 1. The quantitative estimate of drug-likeness (QED) is 0.241. The summed E-state index contributed by atoms with van der Waals surface area (Å²) in [5.41, 5.74) is -0.623. The maximum absolute atomic E-state index is 13.4. The van der Waals surface area contributed by atoms with Crippen LogP contribution in [0.2, 0.25) is 0 Å². The summed E-state index contributed by atoms with van der Waals surface area (Å²) in [5.74, 6) is -1.19. The van der Waals surface area contributed by atoms with Gasteiger partial charge in [0.05, 0.1) is 25.3 Å². The minimum atomic E-state index is -4.98. The number of nitrogens with zero attached hydrogens (tertiary/aromatic N) is 2. The van der Waals surface area contributed by atoms with Gasteiger partial charge in [-0.3, -0.25) is 20.2 Å². The Bertz CT molecular complexity index is 1070. The number of aromatic nitrogens is 2. The van der Waals surface area contributed by atoms with Crippen molar-refractivity contribution in [2.45, 2.75) is 39.3 Å². The van der Waals surface area contributed by atoms with Gasteiger partial charge in [-0.25, -0.2) is 4.98 Å². The van der Waals surface area contributed by atoms with Crippen molar-refractivity contribution >= 4 is 28.6 Å². The topological polar surface area (TPSA) is 125 Å². The molecule has 0 aliphatic rings. The molecule has 0 aliphatic carbocycles. The largest absolute Gasteiger partial charge is 0.493 e. The summed E-state index contributed by atoms with van der Waals surface area (Å²) in [5, 5.41) is 21.6. The number of carbonyl (C=O) groups excluding carboxylic acids is 1. The number of methoxy groups -OCH3 is 2. The first-order chi connectivity index (χ1) is 15.5. The molecular formula is C21H29F3N6O3. The summed E-state index contributed by atoms with van der Waals surface area (Å²) in [6.45, 7) is 4.70. The molecule has 2 rings (SSSR count). The van der Waals surface area contributed by atoms with Crippen LogP contribution >= 0.6 is 0 Å². The molecule has 0 bridgehead atoms. The maximum Gasteiger partial charge on any atom is 0.449 e. The first-order valence-corrected chi connectivity index (χ1v) is 10.4. The first-order valence-electron chi connectivity index (χ1n) is 10.4. The van der Waals surface area contributed by atoms with E-state index in [4.69, 9.17) is 20.3 Å². The number of hydrogen-bond acceptors (Lipinski definition) is 7. The predicted molar refractivity (Wildman–Crippen MR) is 118 cm³/mol. The van der Waals surface area contributed by atoms with Crippen LogP contribution in [0.15, 0.2) is 12.1 Å². The molecule has 0 atom stereocenters. The Kier molecular flexibility index (Phi) is 8.66. The third-order valence-corrected chi connectivity index (χ3v) is 4.71. The molecule has 0 fully saturated rings. The average molecular weight is 470 g/mol. The Morgan fingerprint density at radius 2 is 1.76 bits per heavy atom. The second kappa shape index (κ2) is 11.0. The fraction of sp³-hybridized carbons (Fsp3) is 0.524. The normalized spacial score (nSPS) is 11.5. The highest BCUT2D eigenvalue weighted by Gasteiger charge is 2.37. The molecule has 1 heterocycles. The third-order valence-electron chi connectivity index (χ3n) is 4.71. The maximum atomic E-state index is 13.4. The fourth-order valence-electron chi connectivity index (χ4n) is 3.14. The zero-order valence-corrected chi connectivity index (χ0v) is 19.0. The van der Waals surface area contributed by atoms with E-state index in [0.717, 1.165) is 0 Å². The fourth-order valence-corrected chi connectivity index (χ4v) is 3.14. The second-order valence-corrected chi connectivity index (χ2v) is 7.77. The van der Waals surface area contributed by atoms with Crippen molar-refractivity contribution in [3.8, 4) is 11.5 Å². The molecule has 0 saturated heterocycles. The number of hydrogen-bond donors (Lipinski definition) is 4. The van der Waals surface area contributed by atoms with Gasteiger partial charge in [0.15, 0.2) is 22.8 Å². The molecule has 1 aromatic carbocycles. The first kappa shape index (κ1) is 25.9. The molecule has 1 amide bonds. The third kappa shape index (κ3) is 6.59. The molecule has 2 aromatic rings. The Morgan fingerprint density at radius 3 is 2.33 bits per heavy atom. The smallest absolute Gasteiger partial charge is 0.449 e. The monoisotopic (exact) mass is 470 g/mol. The molecule has 0 saturated carbocycles. The lowest BCUT2D eigenvalue weighted by Crippen LogP contribution is -2.38. The van der Waals surface area contributed by atoms with Crippen molar-refractivity contribution in [3.63, 3.8) is 0 Å². The van der Waals surface area contributed by atoms with Crippen molar-refractivity contribution < 1.29 is 27.4 Å². The number of fused-ring (bicyclic) bond motifs is 1. The Labute approximate surface area is 189 Å². The zero-order valence-electron chi connectivity index (χ0n) is 19.0.